The summed E-state index contributed by atoms with van der Waals surface area (Å²) < 4.78 is 5.50. The van der Waals surface area contributed by atoms with Gasteiger partial charge >= 0.3 is 0 Å². The summed E-state index contributed by atoms with van der Waals surface area (Å²) in [5.41, 5.74) is 6.70. The summed E-state index contributed by atoms with van der Waals surface area (Å²) in [6.07, 6.45) is 4.78. The lowest BCUT2D eigenvalue weighted by molar-refractivity contribution is -0.121. The average Bonchev–Trinajstić information content (AvgIpc) is 3.04. The average molecular weight is 366 g/mol. The molecule has 1 aromatic carbocycles. The van der Waals surface area contributed by atoms with Gasteiger partial charge in [0.1, 0.15) is 11.8 Å². The molecule has 0 bridgehead atoms. The Morgan fingerprint density at radius 3 is 2.88 bits per heavy atom. The first-order valence-corrected chi connectivity index (χ1v) is 8.44. The molecule has 0 aliphatic carbocycles. The van der Waals surface area contributed by atoms with E-state index >= 15 is 0 Å². The van der Waals surface area contributed by atoms with E-state index in [0.29, 0.717) is 37.2 Å². The summed E-state index contributed by atoms with van der Waals surface area (Å²) in [5, 5.41) is 3.72. The molecule has 1 aromatic heterocycles. The molecule has 25 heavy (non-hydrogen) atoms. The number of likely N-dealkylation sites (tertiary alicyclic amines) is 1. The fraction of sp³-hybridized carbons (Fsp3) is 0.444. The monoisotopic (exact) mass is 365 g/mol. The molecule has 7 heteroatoms. The number of nitrogens with one attached hydrogen (secondary N) is 1. The number of piperidine rings is 1. The number of para-hydroxylation sites is 1. The molecular formula is C18H24ClN3O3. The summed E-state index contributed by atoms with van der Waals surface area (Å²) in [4.78, 5) is 26.5. The van der Waals surface area contributed by atoms with Crippen LogP contribution in [0.15, 0.2) is 34.9 Å². The van der Waals surface area contributed by atoms with Crippen molar-refractivity contribution in [3.05, 3.63) is 36.1 Å². The molecule has 2 aromatic rings. The quantitative estimate of drug-likeness (QED) is 0.851. The van der Waals surface area contributed by atoms with Crippen molar-refractivity contribution in [3.63, 3.8) is 0 Å². The Labute approximate surface area is 153 Å². The molecule has 3 rings (SSSR count). The van der Waals surface area contributed by atoms with Gasteiger partial charge in [-0.1, -0.05) is 18.2 Å². The fourth-order valence-electron chi connectivity index (χ4n) is 3.23. The zero-order chi connectivity index (χ0) is 16.9. The second-order valence-electron chi connectivity index (χ2n) is 6.14. The standard InChI is InChI=1S/C18H23N3O3.ClH/c19-9-8-17(22)20-11-13-5-3-4-10-21(13)18(23)15-12-24-16-7-2-1-6-14(15)16;/h1-2,6-7,12-13H,3-5,8-11,19H2,(H,20,22);1H. The predicted octanol–water partition coefficient (Wildman–Crippen LogP) is 2.31. The van der Waals surface area contributed by atoms with E-state index in [1.165, 1.54) is 6.26 Å². The normalized spacial score (nSPS) is 17.2. The molecule has 1 fully saturated rings. The van der Waals surface area contributed by atoms with E-state index in [-0.39, 0.29) is 30.3 Å². The summed E-state index contributed by atoms with van der Waals surface area (Å²) >= 11 is 0. The van der Waals surface area contributed by atoms with Crippen molar-refractivity contribution in [2.75, 3.05) is 19.6 Å². The zero-order valence-corrected chi connectivity index (χ0v) is 14.9. The number of rotatable bonds is 5. The van der Waals surface area contributed by atoms with Crippen LogP contribution in [-0.4, -0.2) is 42.4 Å². The Bertz CT molecular complexity index is 731. The second-order valence-corrected chi connectivity index (χ2v) is 6.14. The summed E-state index contributed by atoms with van der Waals surface area (Å²) in [7, 11) is 0. The van der Waals surface area contributed by atoms with Gasteiger partial charge in [0, 0.05) is 37.5 Å². The Kier molecular flexibility index (Phi) is 6.84. The first-order valence-electron chi connectivity index (χ1n) is 8.44. The van der Waals surface area contributed by atoms with Crippen LogP contribution in [-0.2, 0) is 4.79 Å². The predicted molar refractivity (Wildman–Crippen MR) is 98.8 cm³/mol. The van der Waals surface area contributed by atoms with Crippen LogP contribution in [0, 0.1) is 0 Å². The van der Waals surface area contributed by atoms with E-state index in [1.54, 1.807) is 0 Å². The highest BCUT2D eigenvalue weighted by atomic mass is 35.5. The lowest BCUT2D eigenvalue weighted by atomic mass is 10.0. The molecule has 1 unspecified atom stereocenters. The molecule has 6 nitrogen and oxygen atoms in total. The third kappa shape index (κ3) is 4.32. The highest BCUT2D eigenvalue weighted by Crippen LogP contribution is 2.25. The van der Waals surface area contributed by atoms with Crippen molar-refractivity contribution >= 4 is 35.2 Å². The van der Waals surface area contributed by atoms with Crippen LogP contribution in [0.1, 0.15) is 36.0 Å². The minimum atomic E-state index is -0.0655. The minimum Gasteiger partial charge on any atom is -0.463 e. The maximum absolute atomic E-state index is 13.0. The van der Waals surface area contributed by atoms with E-state index in [9.17, 15) is 9.59 Å². The minimum absolute atomic E-state index is 0. The van der Waals surface area contributed by atoms with E-state index in [4.69, 9.17) is 10.2 Å². The molecule has 2 amide bonds. The van der Waals surface area contributed by atoms with Crippen LogP contribution < -0.4 is 11.1 Å². The number of fused-ring (bicyclic) bond motifs is 1. The van der Waals surface area contributed by atoms with Crippen LogP contribution in [0.4, 0.5) is 0 Å². The van der Waals surface area contributed by atoms with Gasteiger partial charge in [-0.2, -0.15) is 0 Å². The van der Waals surface area contributed by atoms with E-state index in [2.05, 4.69) is 5.32 Å². The summed E-state index contributed by atoms with van der Waals surface area (Å²) in [5.74, 6) is -0.0954. The van der Waals surface area contributed by atoms with Crippen LogP contribution in [0.2, 0.25) is 0 Å². The molecule has 2 heterocycles. The van der Waals surface area contributed by atoms with E-state index < -0.39 is 0 Å². The number of benzene rings is 1. The smallest absolute Gasteiger partial charge is 0.258 e. The number of nitrogens with two attached hydrogens (primary N) is 1. The third-order valence-electron chi connectivity index (χ3n) is 4.51. The van der Waals surface area contributed by atoms with Gasteiger partial charge in [-0.15, -0.1) is 12.4 Å². The van der Waals surface area contributed by atoms with Crippen LogP contribution in [0.25, 0.3) is 11.0 Å². The number of hydrogen-bond acceptors (Lipinski definition) is 4. The maximum Gasteiger partial charge on any atom is 0.258 e. The van der Waals surface area contributed by atoms with E-state index in [1.807, 2.05) is 29.2 Å². The molecule has 1 saturated heterocycles. The van der Waals surface area contributed by atoms with Gasteiger partial charge in [0.2, 0.25) is 5.91 Å². The van der Waals surface area contributed by atoms with Crippen LogP contribution in [0.5, 0.6) is 0 Å². The van der Waals surface area contributed by atoms with Crippen molar-refractivity contribution in [3.8, 4) is 0 Å². The maximum atomic E-state index is 13.0. The Morgan fingerprint density at radius 2 is 2.08 bits per heavy atom. The number of nitrogens with zero attached hydrogens (tertiary/aromatic N) is 1. The molecule has 1 aliphatic rings. The van der Waals surface area contributed by atoms with Crippen LogP contribution in [0.3, 0.4) is 0 Å². The van der Waals surface area contributed by atoms with Gasteiger partial charge in [-0.25, -0.2) is 0 Å². The first-order chi connectivity index (χ1) is 11.7. The molecule has 0 saturated carbocycles. The zero-order valence-electron chi connectivity index (χ0n) is 14.1. The summed E-state index contributed by atoms with van der Waals surface area (Å²) in [6.45, 7) is 1.51. The van der Waals surface area contributed by atoms with Crippen molar-refractivity contribution in [2.45, 2.75) is 31.7 Å². The first kappa shape index (κ1) is 19.3. The SMILES string of the molecule is Cl.NCCC(=O)NCC1CCCCN1C(=O)c1coc2ccccc12. The van der Waals surface area contributed by atoms with Crippen LogP contribution >= 0.6 is 12.4 Å². The van der Waals surface area contributed by atoms with Gasteiger partial charge in [0.25, 0.3) is 5.91 Å². The lowest BCUT2D eigenvalue weighted by Gasteiger charge is -2.35. The number of hydrogen-bond donors (Lipinski definition) is 2. The summed E-state index contributed by atoms with van der Waals surface area (Å²) in [6, 6.07) is 7.55. The number of carbonyl (C=O) groups is 2. The molecule has 136 valence electrons. The van der Waals surface area contributed by atoms with Crippen molar-refractivity contribution in [2.24, 2.45) is 5.73 Å². The number of halogens is 1. The Balaban J connectivity index is 0.00000225. The molecular weight excluding hydrogens is 342 g/mol. The van der Waals surface area contributed by atoms with Crippen molar-refractivity contribution < 1.29 is 14.0 Å². The molecule has 1 aliphatic heterocycles. The Morgan fingerprint density at radius 1 is 1.28 bits per heavy atom. The lowest BCUT2D eigenvalue weighted by Crippen LogP contribution is -2.49. The van der Waals surface area contributed by atoms with Crippen molar-refractivity contribution in [1.82, 2.24) is 10.2 Å². The fourth-order valence-corrected chi connectivity index (χ4v) is 3.23. The van der Waals surface area contributed by atoms with Gasteiger partial charge in [-0.3, -0.25) is 9.59 Å². The molecule has 0 radical (unpaired) electrons. The molecule has 1 atom stereocenters. The topological polar surface area (TPSA) is 88.6 Å². The second kappa shape index (κ2) is 8.87. The number of furan rings is 1. The largest absolute Gasteiger partial charge is 0.463 e. The van der Waals surface area contributed by atoms with Gasteiger partial charge < -0.3 is 20.4 Å². The number of carbonyl (C=O) groups excluding carboxylic acids is 2. The van der Waals surface area contributed by atoms with Gasteiger partial charge in [0.15, 0.2) is 0 Å². The van der Waals surface area contributed by atoms with Gasteiger partial charge in [-0.05, 0) is 25.3 Å². The molecule has 3 N–H and O–H groups in total. The van der Waals surface area contributed by atoms with Crippen molar-refractivity contribution in [1.29, 1.82) is 0 Å². The Hall–Kier alpha value is -2.05. The highest BCUT2D eigenvalue weighted by Gasteiger charge is 2.29. The van der Waals surface area contributed by atoms with Gasteiger partial charge in [0.05, 0.1) is 5.56 Å². The molecule has 0 spiro atoms. The number of amides is 2. The van der Waals surface area contributed by atoms with E-state index in [0.717, 1.165) is 24.6 Å². The third-order valence-corrected chi connectivity index (χ3v) is 4.51. The highest BCUT2D eigenvalue weighted by molar-refractivity contribution is 6.06.